The Morgan fingerprint density at radius 2 is 2.12 bits per heavy atom. The summed E-state index contributed by atoms with van der Waals surface area (Å²) in [5, 5.41) is 6.53. The van der Waals surface area contributed by atoms with Crippen molar-refractivity contribution in [1.82, 2.24) is 19.7 Å². The van der Waals surface area contributed by atoms with Gasteiger partial charge in [-0.15, -0.1) is 0 Å². The average Bonchev–Trinajstić information content (AvgIpc) is 3.48. The van der Waals surface area contributed by atoms with Crippen molar-refractivity contribution < 1.29 is 22.7 Å². The van der Waals surface area contributed by atoms with Crippen LogP contribution in [0.5, 0.6) is 0 Å². The number of amides is 1. The normalized spacial score (nSPS) is 16.3. The standard InChI is InChI=1S/C22H23F3N6O2/c1-3-31-12-14(10-27-31)17-5-4-6-18(28-17)21(32)29-19-9-15(11-26-20(19)22(23,24)25)30-8-7-16(13-30)33-2/h4-6,9-12,16H,3,7-8,13H2,1-2H3,(H,29,32). The molecule has 1 amide bonds. The van der Waals surface area contributed by atoms with Crippen molar-refractivity contribution in [1.29, 1.82) is 0 Å². The first kappa shape index (κ1) is 22.7. The van der Waals surface area contributed by atoms with E-state index in [4.69, 9.17) is 4.74 Å². The summed E-state index contributed by atoms with van der Waals surface area (Å²) in [7, 11) is 1.60. The molecule has 3 aromatic rings. The number of hydrogen-bond donors (Lipinski definition) is 1. The minimum absolute atomic E-state index is 0.00524. The number of hydrogen-bond acceptors (Lipinski definition) is 6. The molecule has 33 heavy (non-hydrogen) atoms. The molecule has 1 atom stereocenters. The molecule has 1 fully saturated rings. The van der Waals surface area contributed by atoms with E-state index in [1.54, 1.807) is 36.3 Å². The predicted octanol–water partition coefficient (Wildman–Crippen LogP) is 3.86. The molecule has 0 aliphatic carbocycles. The molecule has 0 saturated carbocycles. The summed E-state index contributed by atoms with van der Waals surface area (Å²) < 4.78 is 47.8. The van der Waals surface area contributed by atoms with Gasteiger partial charge in [0.25, 0.3) is 5.91 Å². The highest BCUT2D eigenvalue weighted by molar-refractivity contribution is 6.03. The van der Waals surface area contributed by atoms with E-state index in [0.717, 1.165) is 6.42 Å². The number of carbonyl (C=O) groups is 1. The summed E-state index contributed by atoms with van der Waals surface area (Å²) in [6.45, 7) is 3.76. The molecule has 3 aromatic heterocycles. The number of pyridine rings is 2. The second-order valence-electron chi connectivity index (χ2n) is 7.63. The maximum absolute atomic E-state index is 13.6. The predicted molar refractivity (Wildman–Crippen MR) is 116 cm³/mol. The largest absolute Gasteiger partial charge is 0.435 e. The third-order valence-electron chi connectivity index (χ3n) is 5.47. The molecule has 1 aliphatic heterocycles. The first-order valence-corrected chi connectivity index (χ1v) is 10.4. The number of nitrogens with zero attached hydrogens (tertiary/aromatic N) is 5. The topological polar surface area (TPSA) is 85.2 Å². The van der Waals surface area contributed by atoms with Crippen LogP contribution >= 0.6 is 0 Å². The Morgan fingerprint density at radius 1 is 1.30 bits per heavy atom. The van der Waals surface area contributed by atoms with E-state index in [9.17, 15) is 18.0 Å². The minimum atomic E-state index is -4.73. The SMILES string of the molecule is CCn1cc(-c2cccc(C(=O)Nc3cc(N4CCC(OC)C4)cnc3C(F)(F)F)n2)cn1. The lowest BCUT2D eigenvalue weighted by atomic mass is 10.2. The fourth-order valence-corrected chi connectivity index (χ4v) is 3.68. The zero-order valence-corrected chi connectivity index (χ0v) is 18.1. The summed E-state index contributed by atoms with van der Waals surface area (Å²) in [6, 6.07) is 6.06. The Kier molecular flexibility index (Phi) is 6.32. The van der Waals surface area contributed by atoms with E-state index in [1.165, 1.54) is 18.3 Å². The number of rotatable bonds is 6. The van der Waals surface area contributed by atoms with Crippen molar-refractivity contribution in [2.75, 3.05) is 30.4 Å². The van der Waals surface area contributed by atoms with Gasteiger partial charge in [-0.05, 0) is 31.5 Å². The van der Waals surface area contributed by atoms with E-state index in [-0.39, 0.29) is 11.8 Å². The van der Waals surface area contributed by atoms with Gasteiger partial charge in [-0.3, -0.25) is 9.48 Å². The van der Waals surface area contributed by atoms with Gasteiger partial charge < -0.3 is 15.0 Å². The van der Waals surface area contributed by atoms with Crippen molar-refractivity contribution in [3.05, 3.63) is 54.2 Å². The molecule has 0 radical (unpaired) electrons. The highest BCUT2D eigenvalue weighted by atomic mass is 19.4. The molecule has 0 spiro atoms. The van der Waals surface area contributed by atoms with E-state index >= 15 is 0 Å². The van der Waals surface area contributed by atoms with Crippen LogP contribution in [0.4, 0.5) is 24.5 Å². The molecule has 4 heterocycles. The molecule has 11 heteroatoms. The smallest absolute Gasteiger partial charge is 0.380 e. The Morgan fingerprint density at radius 3 is 2.79 bits per heavy atom. The van der Waals surface area contributed by atoms with Crippen LogP contribution in [0.3, 0.4) is 0 Å². The monoisotopic (exact) mass is 460 g/mol. The molecule has 0 aromatic carbocycles. The number of aromatic nitrogens is 4. The first-order chi connectivity index (χ1) is 15.8. The lowest BCUT2D eigenvalue weighted by Crippen LogP contribution is -2.24. The molecule has 4 rings (SSSR count). The fourth-order valence-electron chi connectivity index (χ4n) is 3.68. The third-order valence-corrected chi connectivity index (χ3v) is 5.47. The van der Waals surface area contributed by atoms with Crippen LogP contribution in [0.1, 0.15) is 29.5 Å². The van der Waals surface area contributed by atoms with Crippen molar-refractivity contribution in [2.24, 2.45) is 0 Å². The molecular weight excluding hydrogens is 437 g/mol. The van der Waals surface area contributed by atoms with Crippen LogP contribution in [0, 0.1) is 0 Å². The zero-order chi connectivity index (χ0) is 23.6. The molecule has 0 bridgehead atoms. The van der Waals surface area contributed by atoms with Crippen LogP contribution < -0.4 is 10.2 Å². The van der Waals surface area contributed by atoms with Gasteiger partial charge in [0.1, 0.15) is 5.69 Å². The van der Waals surface area contributed by atoms with Crippen molar-refractivity contribution in [3.8, 4) is 11.3 Å². The quantitative estimate of drug-likeness (QED) is 0.602. The highest BCUT2D eigenvalue weighted by Crippen LogP contribution is 2.36. The van der Waals surface area contributed by atoms with Crippen LogP contribution in [0.15, 0.2) is 42.9 Å². The van der Waals surface area contributed by atoms with Gasteiger partial charge >= 0.3 is 6.18 Å². The van der Waals surface area contributed by atoms with E-state index in [2.05, 4.69) is 20.4 Å². The van der Waals surface area contributed by atoms with Crippen LogP contribution in [-0.4, -0.2) is 52.0 Å². The lowest BCUT2D eigenvalue weighted by molar-refractivity contribution is -0.140. The maximum Gasteiger partial charge on any atom is 0.435 e. The van der Waals surface area contributed by atoms with Gasteiger partial charge in [0.05, 0.1) is 35.6 Å². The number of ether oxygens (including phenoxy) is 1. The van der Waals surface area contributed by atoms with Gasteiger partial charge in [-0.2, -0.15) is 18.3 Å². The molecule has 174 valence electrons. The van der Waals surface area contributed by atoms with Crippen LogP contribution in [0.25, 0.3) is 11.3 Å². The summed E-state index contributed by atoms with van der Waals surface area (Å²) in [5.41, 5.74) is 0.0718. The van der Waals surface area contributed by atoms with E-state index < -0.39 is 23.5 Å². The third kappa shape index (κ3) is 4.98. The molecule has 1 saturated heterocycles. The van der Waals surface area contributed by atoms with Crippen LogP contribution in [0.2, 0.25) is 0 Å². The number of nitrogens with one attached hydrogen (secondary N) is 1. The zero-order valence-electron chi connectivity index (χ0n) is 18.1. The second-order valence-corrected chi connectivity index (χ2v) is 7.63. The Bertz CT molecular complexity index is 1150. The Balaban J connectivity index is 1.61. The molecule has 1 N–H and O–H groups in total. The second kappa shape index (κ2) is 9.18. The van der Waals surface area contributed by atoms with Gasteiger partial charge in [0.2, 0.25) is 0 Å². The van der Waals surface area contributed by atoms with Gasteiger partial charge in [0, 0.05) is 38.5 Å². The summed E-state index contributed by atoms with van der Waals surface area (Å²) >= 11 is 0. The van der Waals surface area contributed by atoms with Crippen molar-refractivity contribution in [2.45, 2.75) is 32.2 Å². The molecular formula is C22H23F3N6O2. The molecule has 1 unspecified atom stereocenters. The van der Waals surface area contributed by atoms with Gasteiger partial charge in [-0.1, -0.05) is 6.07 Å². The summed E-state index contributed by atoms with van der Waals surface area (Å²) in [5.74, 6) is -0.764. The van der Waals surface area contributed by atoms with E-state index in [1.807, 2.05) is 11.8 Å². The summed E-state index contributed by atoms with van der Waals surface area (Å²) in [6.07, 6.45) is 0.583. The van der Waals surface area contributed by atoms with Gasteiger partial charge in [0.15, 0.2) is 5.69 Å². The van der Waals surface area contributed by atoms with Crippen LogP contribution in [-0.2, 0) is 17.5 Å². The van der Waals surface area contributed by atoms with Crippen molar-refractivity contribution >= 4 is 17.3 Å². The molecule has 1 aliphatic rings. The summed E-state index contributed by atoms with van der Waals surface area (Å²) in [4.78, 5) is 22.6. The number of anilines is 2. The molecule has 8 nitrogen and oxygen atoms in total. The number of carbonyl (C=O) groups excluding carboxylic acids is 1. The number of aryl methyl sites for hydroxylation is 1. The fraction of sp³-hybridized carbons (Fsp3) is 0.364. The Hall–Kier alpha value is -3.47. The first-order valence-electron chi connectivity index (χ1n) is 10.4. The highest BCUT2D eigenvalue weighted by Gasteiger charge is 2.37. The maximum atomic E-state index is 13.6. The van der Waals surface area contributed by atoms with Crippen molar-refractivity contribution in [3.63, 3.8) is 0 Å². The Labute approximate surface area is 188 Å². The minimum Gasteiger partial charge on any atom is -0.380 e. The lowest BCUT2D eigenvalue weighted by Gasteiger charge is -2.21. The van der Waals surface area contributed by atoms with E-state index in [0.29, 0.717) is 36.6 Å². The number of methoxy groups -OCH3 is 1. The average molecular weight is 460 g/mol. The van der Waals surface area contributed by atoms with Gasteiger partial charge in [-0.25, -0.2) is 9.97 Å². The number of alkyl halides is 3. The number of halogens is 3.